The first-order valence-electron chi connectivity index (χ1n) is 7.11. The Kier molecular flexibility index (Phi) is 7.87. The van der Waals surface area contributed by atoms with Crippen LogP contribution in [0.15, 0.2) is 41.3 Å². The maximum atomic E-state index is 13.7. The number of nitrogens with zero attached hydrogens (tertiary/aromatic N) is 2. The third-order valence-corrected chi connectivity index (χ3v) is 3.22. The third kappa shape index (κ3) is 6.14. The highest BCUT2D eigenvalue weighted by atomic mass is 31.0. The van der Waals surface area contributed by atoms with Gasteiger partial charge < -0.3 is 10.5 Å². The number of nitrogens with two attached hydrogens (primary N) is 1. The number of anilines is 1. The molecule has 0 radical (unpaired) electrons. The van der Waals surface area contributed by atoms with E-state index in [2.05, 4.69) is 20.3 Å². The van der Waals surface area contributed by atoms with Gasteiger partial charge in [-0.1, -0.05) is 6.92 Å². The summed E-state index contributed by atoms with van der Waals surface area (Å²) in [4.78, 5) is 0. The lowest BCUT2D eigenvalue weighted by Gasteiger charge is -2.17. The molecular formula is C17H21FN3OP. The molecule has 0 spiro atoms. The van der Waals surface area contributed by atoms with Crippen molar-refractivity contribution in [2.45, 2.75) is 20.3 Å². The van der Waals surface area contributed by atoms with Gasteiger partial charge in [0.25, 0.3) is 0 Å². The summed E-state index contributed by atoms with van der Waals surface area (Å²) in [5, 5.41) is 6.54. The molecule has 1 unspecified atom stereocenters. The molecule has 0 bridgehead atoms. The second kappa shape index (κ2) is 9.66. The maximum Gasteiger partial charge on any atom is 0.167 e. The molecule has 1 aromatic rings. The highest BCUT2D eigenvalue weighted by molar-refractivity contribution is 7.28. The van der Waals surface area contributed by atoms with Crippen LogP contribution in [-0.2, 0) is 0 Å². The summed E-state index contributed by atoms with van der Waals surface area (Å²) in [5.74, 6) is 2.69. The van der Waals surface area contributed by atoms with Crippen LogP contribution in [0.5, 0.6) is 5.75 Å². The summed E-state index contributed by atoms with van der Waals surface area (Å²) >= 11 is 0. The molecule has 122 valence electrons. The Bertz CT molecular complexity index is 663. The Morgan fingerprint density at radius 3 is 2.78 bits per heavy atom. The Morgan fingerprint density at radius 2 is 2.26 bits per heavy atom. The zero-order valence-corrected chi connectivity index (χ0v) is 14.4. The number of rotatable bonds is 3. The zero-order chi connectivity index (χ0) is 17.2. The SMILES string of the molecule is C#CCC.C/C=N\N1C=CC(Oc2cc(P)c(N)cc2F)=CC1. The Balaban J connectivity index is 0.000000593. The molecule has 1 aliphatic heterocycles. The molecule has 6 heteroatoms. The normalized spacial score (nSPS) is 13.2. The standard InChI is InChI=1S/C13H15FN3OP.C4H6/c1-2-16-17-5-3-9(4-6-17)18-12-8-13(19)11(15)7-10(12)14;1-3-4-2/h2-5,7-8H,6,15,19H2,1H3;1H,4H2,2H3/b16-2-;. The summed E-state index contributed by atoms with van der Waals surface area (Å²) in [6.07, 6.45) is 12.6. The monoisotopic (exact) mass is 333 g/mol. The predicted octanol–water partition coefficient (Wildman–Crippen LogP) is 3.04. The van der Waals surface area contributed by atoms with Crippen LogP contribution in [0.4, 0.5) is 10.1 Å². The second-order valence-electron chi connectivity index (χ2n) is 4.49. The van der Waals surface area contributed by atoms with E-state index in [1.54, 1.807) is 29.6 Å². The van der Waals surface area contributed by atoms with E-state index >= 15 is 0 Å². The van der Waals surface area contributed by atoms with E-state index in [4.69, 9.17) is 16.9 Å². The fraction of sp³-hybridized carbons (Fsp3) is 0.235. The smallest absolute Gasteiger partial charge is 0.167 e. The predicted molar refractivity (Wildman–Crippen MR) is 98.0 cm³/mol. The van der Waals surface area contributed by atoms with Gasteiger partial charge >= 0.3 is 0 Å². The summed E-state index contributed by atoms with van der Waals surface area (Å²) in [7, 11) is 2.44. The van der Waals surface area contributed by atoms with Gasteiger partial charge in [0.15, 0.2) is 11.6 Å². The molecule has 1 atom stereocenters. The Hall–Kier alpha value is -2.31. The van der Waals surface area contributed by atoms with Crippen LogP contribution in [0.2, 0.25) is 0 Å². The number of halogens is 1. The summed E-state index contributed by atoms with van der Waals surface area (Å²) < 4.78 is 19.2. The van der Waals surface area contributed by atoms with Crippen LogP contribution in [-0.4, -0.2) is 17.8 Å². The lowest BCUT2D eigenvalue weighted by atomic mass is 10.3. The zero-order valence-electron chi connectivity index (χ0n) is 13.3. The van der Waals surface area contributed by atoms with Crippen LogP contribution >= 0.6 is 9.24 Å². The van der Waals surface area contributed by atoms with E-state index in [1.807, 2.05) is 19.9 Å². The van der Waals surface area contributed by atoms with Crippen LogP contribution in [0.3, 0.4) is 0 Å². The fourth-order valence-electron chi connectivity index (χ4n) is 1.57. The second-order valence-corrected chi connectivity index (χ2v) is 5.11. The van der Waals surface area contributed by atoms with E-state index in [0.717, 1.165) is 6.42 Å². The lowest BCUT2D eigenvalue weighted by Crippen LogP contribution is -2.15. The van der Waals surface area contributed by atoms with Crippen LogP contribution in [0.25, 0.3) is 0 Å². The summed E-state index contributed by atoms with van der Waals surface area (Å²) in [5.41, 5.74) is 5.99. The van der Waals surface area contributed by atoms with Crippen molar-refractivity contribution in [3.05, 3.63) is 42.1 Å². The van der Waals surface area contributed by atoms with Crippen LogP contribution in [0.1, 0.15) is 20.3 Å². The Morgan fingerprint density at radius 1 is 1.57 bits per heavy atom. The molecule has 0 aliphatic carbocycles. The maximum absolute atomic E-state index is 13.7. The fourth-order valence-corrected chi connectivity index (χ4v) is 1.81. The lowest BCUT2D eigenvalue weighted by molar-refractivity contribution is 0.381. The minimum Gasteiger partial charge on any atom is -0.454 e. The van der Waals surface area contributed by atoms with Gasteiger partial charge in [-0.2, -0.15) is 5.10 Å². The largest absolute Gasteiger partial charge is 0.454 e. The van der Waals surface area contributed by atoms with E-state index in [9.17, 15) is 4.39 Å². The van der Waals surface area contributed by atoms with Gasteiger partial charge in [-0.3, -0.25) is 5.01 Å². The molecule has 0 saturated carbocycles. The number of terminal acetylenes is 1. The molecule has 4 nitrogen and oxygen atoms in total. The van der Waals surface area contributed by atoms with Gasteiger partial charge in [-0.25, -0.2) is 4.39 Å². The van der Waals surface area contributed by atoms with Crippen LogP contribution in [0, 0.1) is 18.2 Å². The molecule has 0 saturated heterocycles. The number of benzene rings is 1. The van der Waals surface area contributed by atoms with E-state index in [-0.39, 0.29) is 5.75 Å². The van der Waals surface area contributed by atoms with Crippen molar-refractivity contribution in [1.82, 2.24) is 5.01 Å². The van der Waals surface area contributed by atoms with E-state index < -0.39 is 5.82 Å². The number of hydrogen-bond acceptors (Lipinski definition) is 4. The van der Waals surface area contributed by atoms with Crippen molar-refractivity contribution in [2.75, 3.05) is 12.3 Å². The summed E-state index contributed by atoms with van der Waals surface area (Å²) in [6, 6.07) is 2.80. The first-order valence-corrected chi connectivity index (χ1v) is 7.68. The van der Waals surface area contributed by atoms with Gasteiger partial charge in [0.05, 0.1) is 6.54 Å². The van der Waals surface area contributed by atoms with Crippen molar-refractivity contribution < 1.29 is 9.13 Å². The van der Waals surface area contributed by atoms with E-state index in [0.29, 0.717) is 23.3 Å². The summed E-state index contributed by atoms with van der Waals surface area (Å²) in [6.45, 7) is 4.37. The van der Waals surface area contributed by atoms with Crippen molar-refractivity contribution >= 4 is 26.4 Å². The molecule has 0 amide bonds. The molecule has 2 N–H and O–H groups in total. The van der Waals surface area contributed by atoms with Gasteiger partial charge in [-0.05, 0) is 30.4 Å². The molecule has 0 fully saturated rings. The quantitative estimate of drug-likeness (QED) is 0.400. The molecule has 1 heterocycles. The van der Waals surface area contributed by atoms with Crippen molar-refractivity contribution in [3.8, 4) is 18.1 Å². The first kappa shape index (κ1) is 18.7. The number of hydrazone groups is 1. The highest BCUT2D eigenvalue weighted by Crippen LogP contribution is 2.23. The average Bonchev–Trinajstić information content (AvgIpc) is 2.55. The topological polar surface area (TPSA) is 50.8 Å². The number of nitrogen functional groups attached to an aromatic ring is 1. The van der Waals surface area contributed by atoms with Gasteiger partial charge in [-0.15, -0.1) is 21.6 Å². The van der Waals surface area contributed by atoms with Crippen molar-refractivity contribution in [1.29, 1.82) is 0 Å². The highest BCUT2D eigenvalue weighted by Gasteiger charge is 2.10. The average molecular weight is 333 g/mol. The van der Waals surface area contributed by atoms with Gasteiger partial charge in [0, 0.05) is 30.6 Å². The minimum absolute atomic E-state index is 0.155. The first-order chi connectivity index (χ1) is 11.0. The number of ether oxygens (including phenoxy) is 1. The molecule has 2 rings (SSSR count). The van der Waals surface area contributed by atoms with Crippen molar-refractivity contribution in [2.24, 2.45) is 5.10 Å². The van der Waals surface area contributed by atoms with E-state index in [1.165, 1.54) is 6.07 Å². The van der Waals surface area contributed by atoms with Gasteiger partial charge in [0.1, 0.15) is 5.76 Å². The van der Waals surface area contributed by atoms with Crippen LogP contribution < -0.4 is 15.8 Å². The Labute approximate surface area is 139 Å². The number of allylic oxidation sites excluding steroid dienone is 1. The van der Waals surface area contributed by atoms with Gasteiger partial charge in [0.2, 0.25) is 0 Å². The molecule has 0 aromatic heterocycles. The third-order valence-electron chi connectivity index (χ3n) is 2.72. The van der Waals surface area contributed by atoms with Crippen molar-refractivity contribution in [3.63, 3.8) is 0 Å². The number of hydrogen-bond donors (Lipinski definition) is 1. The minimum atomic E-state index is -0.480. The molecular weight excluding hydrogens is 312 g/mol. The molecule has 1 aromatic carbocycles. The molecule has 1 aliphatic rings. The molecule has 23 heavy (non-hydrogen) atoms.